The second-order valence-corrected chi connectivity index (χ2v) is 4.32. The summed E-state index contributed by atoms with van der Waals surface area (Å²) in [6.07, 6.45) is 0. The van der Waals surface area contributed by atoms with E-state index in [1.54, 1.807) is 5.38 Å². The van der Waals surface area contributed by atoms with E-state index in [9.17, 15) is 4.79 Å². The molecule has 0 aliphatic carbocycles. The highest BCUT2D eigenvalue weighted by molar-refractivity contribution is 7.13. The molecule has 2 rings (SSSR count). The SMILES string of the molecule is CCOc1ccccc1-c1nc(C(=O)OC)cs1. The van der Waals surface area contributed by atoms with E-state index < -0.39 is 5.97 Å². The number of esters is 1. The largest absolute Gasteiger partial charge is 0.493 e. The number of nitrogens with zero attached hydrogens (tertiary/aromatic N) is 1. The summed E-state index contributed by atoms with van der Waals surface area (Å²) in [5.74, 6) is 0.345. The van der Waals surface area contributed by atoms with Crippen molar-refractivity contribution in [2.45, 2.75) is 6.92 Å². The molecular weight excluding hydrogens is 250 g/mol. The number of aromatic nitrogens is 1. The number of methoxy groups -OCH3 is 1. The van der Waals surface area contributed by atoms with Crippen LogP contribution in [-0.4, -0.2) is 24.7 Å². The molecule has 0 N–H and O–H groups in total. The van der Waals surface area contributed by atoms with Crippen LogP contribution < -0.4 is 4.74 Å². The normalized spacial score (nSPS) is 10.1. The van der Waals surface area contributed by atoms with Gasteiger partial charge in [0.1, 0.15) is 10.8 Å². The summed E-state index contributed by atoms with van der Waals surface area (Å²) < 4.78 is 10.2. The average Bonchev–Trinajstić information content (AvgIpc) is 2.88. The summed E-state index contributed by atoms with van der Waals surface area (Å²) in [6, 6.07) is 7.63. The Balaban J connectivity index is 2.36. The van der Waals surface area contributed by atoms with Gasteiger partial charge in [0.2, 0.25) is 0 Å². The van der Waals surface area contributed by atoms with Crippen LogP contribution in [0.15, 0.2) is 29.6 Å². The molecule has 1 heterocycles. The Morgan fingerprint density at radius 3 is 2.89 bits per heavy atom. The highest BCUT2D eigenvalue weighted by Crippen LogP contribution is 2.32. The standard InChI is InChI=1S/C13H13NO3S/c1-3-17-11-7-5-4-6-9(11)12-14-10(8-18-12)13(15)16-2/h4-8H,3H2,1-2H3. The molecule has 5 heteroatoms. The lowest BCUT2D eigenvalue weighted by molar-refractivity contribution is 0.0595. The van der Waals surface area contributed by atoms with Gasteiger partial charge in [-0.15, -0.1) is 11.3 Å². The third kappa shape index (κ3) is 2.51. The number of rotatable bonds is 4. The van der Waals surface area contributed by atoms with Gasteiger partial charge in [-0.3, -0.25) is 0 Å². The molecule has 2 aromatic rings. The Kier molecular flexibility index (Phi) is 3.94. The van der Waals surface area contributed by atoms with E-state index in [2.05, 4.69) is 9.72 Å². The molecule has 1 aromatic carbocycles. The van der Waals surface area contributed by atoms with Crippen LogP contribution in [0.3, 0.4) is 0 Å². The summed E-state index contributed by atoms with van der Waals surface area (Å²) in [6.45, 7) is 2.52. The van der Waals surface area contributed by atoms with Crippen molar-refractivity contribution in [3.8, 4) is 16.3 Å². The van der Waals surface area contributed by atoms with E-state index in [-0.39, 0.29) is 0 Å². The van der Waals surface area contributed by atoms with Gasteiger partial charge in [0.25, 0.3) is 0 Å². The van der Waals surface area contributed by atoms with Gasteiger partial charge in [-0.05, 0) is 19.1 Å². The number of para-hydroxylation sites is 1. The molecule has 1 aromatic heterocycles. The molecule has 0 spiro atoms. The predicted octanol–water partition coefficient (Wildman–Crippen LogP) is 3.00. The van der Waals surface area contributed by atoms with E-state index in [0.29, 0.717) is 12.3 Å². The average molecular weight is 263 g/mol. The van der Waals surface area contributed by atoms with Gasteiger partial charge in [-0.1, -0.05) is 12.1 Å². The molecule has 18 heavy (non-hydrogen) atoms. The molecule has 0 saturated carbocycles. The van der Waals surface area contributed by atoms with Gasteiger partial charge in [0, 0.05) is 5.38 Å². The van der Waals surface area contributed by atoms with Crippen LogP contribution in [0.1, 0.15) is 17.4 Å². The lowest BCUT2D eigenvalue weighted by Gasteiger charge is -2.07. The summed E-state index contributed by atoms with van der Waals surface area (Å²) in [5, 5.41) is 2.43. The molecular formula is C13H13NO3S. The minimum absolute atomic E-state index is 0.323. The van der Waals surface area contributed by atoms with Crippen LogP contribution in [0.25, 0.3) is 10.6 Å². The number of hydrogen-bond acceptors (Lipinski definition) is 5. The number of carbonyl (C=O) groups is 1. The number of ether oxygens (including phenoxy) is 2. The second-order valence-electron chi connectivity index (χ2n) is 3.46. The maximum atomic E-state index is 11.4. The van der Waals surface area contributed by atoms with Crippen molar-refractivity contribution in [1.82, 2.24) is 4.98 Å². The molecule has 0 amide bonds. The van der Waals surface area contributed by atoms with Gasteiger partial charge in [0.15, 0.2) is 5.69 Å². The monoisotopic (exact) mass is 263 g/mol. The van der Waals surface area contributed by atoms with Crippen molar-refractivity contribution in [3.63, 3.8) is 0 Å². The van der Waals surface area contributed by atoms with Crippen LogP contribution in [0.5, 0.6) is 5.75 Å². The molecule has 0 bridgehead atoms. The highest BCUT2D eigenvalue weighted by atomic mass is 32.1. The van der Waals surface area contributed by atoms with E-state index in [1.807, 2.05) is 31.2 Å². The summed E-state index contributed by atoms with van der Waals surface area (Å²) in [7, 11) is 1.34. The first-order chi connectivity index (χ1) is 8.76. The zero-order valence-corrected chi connectivity index (χ0v) is 11.0. The van der Waals surface area contributed by atoms with Gasteiger partial charge in [0.05, 0.1) is 19.3 Å². The first-order valence-corrected chi connectivity index (χ1v) is 6.40. The molecule has 0 atom stereocenters. The smallest absolute Gasteiger partial charge is 0.357 e. The highest BCUT2D eigenvalue weighted by Gasteiger charge is 2.14. The fourth-order valence-electron chi connectivity index (χ4n) is 1.52. The molecule has 0 aliphatic rings. The topological polar surface area (TPSA) is 48.4 Å². The molecule has 0 radical (unpaired) electrons. The predicted molar refractivity (Wildman–Crippen MR) is 70.1 cm³/mol. The fraction of sp³-hybridized carbons (Fsp3) is 0.231. The van der Waals surface area contributed by atoms with Crippen LogP contribution >= 0.6 is 11.3 Å². The van der Waals surface area contributed by atoms with E-state index in [1.165, 1.54) is 18.4 Å². The summed E-state index contributed by atoms with van der Waals surface area (Å²) in [4.78, 5) is 15.6. The third-order valence-corrected chi connectivity index (χ3v) is 3.19. The maximum absolute atomic E-state index is 11.4. The summed E-state index contributed by atoms with van der Waals surface area (Å²) >= 11 is 1.39. The Morgan fingerprint density at radius 1 is 1.39 bits per heavy atom. The molecule has 0 aliphatic heterocycles. The quantitative estimate of drug-likeness (QED) is 0.796. The lowest BCUT2D eigenvalue weighted by atomic mass is 10.2. The van der Waals surface area contributed by atoms with Crippen molar-refractivity contribution >= 4 is 17.3 Å². The van der Waals surface area contributed by atoms with E-state index in [0.717, 1.165) is 16.3 Å². The lowest BCUT2D eigenvalue weighted by Crippen LogP contribution is -2.01. The molecule has 0 unspecified atom stereocenters. The van der Waals surface area contributed by atoms with Crippen molar-refractivity contribution in [3.05, 3.63) is 35.3 Å². The summed E-state index contributed by atoms with van der Waals surface area (Å²) in [5.41, 5.74) is 1.21. The van der Waals surface area contributed by atoms with Crippen molar-refractivity contribution in [2.75, 3.05) is 13.7 Å². The van der Waals surface area contributed by atoms with Crippen molar-refractivity contribution in [1.29, 1.82) is 0 Å². The second kappa shape index (κ2) is 5.64. The first-order valence-electron chi connectivity index (χ1n) is 5.52. The van der Waals surface area contributed by atoms with Gasteiger partial charge in [-0.25, -0.2) is 9.78 Å². The van der Waals surface area contributed by atoms with Gasteiger partial charge >= 0.3 is 5.97 Å². The number of benzene rings is 1. The van der Waals surface area contributed by atoms with Gasteiger partial charge in [-0.2, -0.15) is 0 Å². The van der Waals surface area contributed by atoms with Crippen LogP contribution in [-0.2, 0) is 4.74 Å². The molecule has 0 fully saturated rings. The number of hydrogen-bond donors (Lipinski definition) is 0. The van der Waals surface area contributed by atoms with Gasteiger partial charge < -0.3 is 9.47 Å². The molecule has 94 valence electrons. The Hall–Kier alpha value is -1.88. The third-order valence-electron chi connectivity index (χ3n) is 2.32. The van der Waals surface area contributed by atoms with Crippen LogP contribution in [0.2, 0.25) is 0 Å². The zero-order valence-electron chi connectivity index (χ0n) is 10.2. The van der Waals surface area contributed by atoms with Crippen LogP contribution in [0, 0.1) is 0 Å². The Bertz CT molecular complexity index is 551. The zero-order chi connectivity index (χ0) is 13.0. The maximum Gasteiger partial charge on any atom is 0.357 e. The molecule has 0 saturated heterocycles. The van der Waals surface area contributed by atoms with Crippen LogP contribution in [0.4, 0.5) is 0 Å². The fourth-order valence-corrected chi connectivity index (χ4v) is 2.34. The van der Waals surface area contributed by atoms with E-state index >= 15 is 0 Å². The van der Waals surface area contributed by atoms with E-state index in [4.69, 9.17) is 4.74 Å². The minimum Gasteiger partial charge on any atom is -0.493 e. The Labute approximate surface area is 109 Å². The van der Waals surface area contributed by atoms with Crippen molar-refractivity contribution in [2.24, 2.45) is 0 Å². The van der Waals surface area contributed by atoms with Crippen molar-refractivity contribution < 1.29 is 14.3 Å². The minimum atomic E-state index is -0.425. The molecule has 4 nitrogen and oxygen atoms in total. The Morgan fingerprint density at radius 2 is 2.17 bits per heavy atom. The number of carbonyl (C=O) groups excluding carboxylic acids is 1. The number of thiazole rings is 1. The first kappa shape index (κ1) is 12.6.